The number of halogens is 1. The smallest absolute Gasteiger partial charge is 0.185 e. The summed E-state index contributed by atoms with van der Waals surface area (Å²) in [5.41, 5.74) is 3.68. The van der Waals surface area contributed by atoms with Crippen LogP contribution >= 0.6 is 11.6 Å². The van der Waals surface area contributed by atoms with Crippen LogP contribution in [0.25, 0.3) is 6.08 Å². The van der Waals surface area contributed by atoms with E-state index in [-0.39, 0.29) is 5.78 Å². The van der Waals surface area contributed by atoms with E-state index in [1.54, 1.807) is 12.2 Å². The molecule has 0 aromatic heterocycles. The van der Waals surface area contributed by atoms with Gasteiger partial charge in [0.15, 0.2) is 17.3 Å². The monoisotopic (exact) mass is 406 g/mol. The minimum Gasteiger partial charge on any atom is -0.490 e. The molecule has 0 aliphatic heterocycles. The topological polar surface area (TPSA) is 35.5 Å². The lowest BCUT2D eigenvalue weighted by Gasteiger charge is -2.13. The van der Waals surface area contributed by atoms with Crippen molar-refractivity contribution in [2.75, 3.05) is 6.61 Å². The van der Waals surface area contributed by atoms with Crippen molar-refractivity contribution in [3.05, 3.63) is 100 Å². The first-order chi connectivity index (χ1) is 14.0. The molecule has 0 heterocycles. The molecule has 29 heavy (non-hydrogen) atoms. The predicted octanol–water partition coefficient (Wildman–Crippen LogP) is 6.52. The van der Waals surface area contributed by atoms with Gasteiger partial charge in [0.25, 0.3) is 0 Å². The van der Waals surface area contributed by atoms with E-state index < -0.39 is 0 Å². The molecule has 0 fully saturated rings. The van der Waals surface area contributed by atoms with Crippen molar-refractivity contribution in [3.8, 4) is 11.5 Å². The van der Waals surface area contributed by atoms with Crippen molar-refractivity contribution in [2.24, 2.45) is 0 Å². The number of aryl methyl sites for hydroxylation is 1. The third kappa shape index (κ3) is 5.97. The van der Waals surface area contributed by atoms with Crippen LogP contribution in [0.15, 0.2) is 72.8 Å². The average Bonchev–Trinajstić information content (AvgIpc) is 2.73. The third-order valence-electron chi connectivity index (χ3n) is 4.34. The maximum Gasteiger partial charge on any atom is 0.185 e. The van der Waals surface area contributed by atoms with Gasteiger partial charge in [-0.1, -0.05) is 65.7 Å². The largest absolute Gasteiger partial charge is 0.490 e. The molecular weight excluding hydrogens is 384 g/mol. The third-order valence-corrected chi connectivity index (χ3v) is 4.59. The van der Waals surface area contributed by atoms with Crippen LogP contribution in [-0.2, 0) is 6.61 Å². The summed E-state index contributed by atoms with van der Waals surface area (Å²) in [4.78, 5) is 12.3. The van der Waals surface area contributed by atoms with Gasteiger partial charge in [0.2, 0.25) is 0 Å². The van der Waals surface area contributed by atoms with Gasteiger partial charge in [0, 0.05) is 10.6 Å². The van der Waals surface area contributed by atoms with Crippen molar-refractivity contribution in [1.29, 1.82) is 0 Å². The number of allylic oxidation sites excluding steroid dienone is 1. The highest BCUT2D eigenvalue weighted by molar-refractivity contribution is 6.30. The molecule has 0 amide bonds. The van der Waals surface area contributed by atoms with E-state index in [0.29, 0.717) is 35.3 Å². The Labute approximate surface area is 176 Å². The fourth-order valence-electron chi connectivity index (χ4n) is 2.74. The van der Waals surface area contributed by atoms with Crippen LogP contribution in [0, 0.1) is 6.92 Å². The van der Waals surface area contributed by atoms with Gasteiger partial charge in [-0.05, 0) is 55.3 Å². The quantitative estimate of drug-likeness (QED) is 0.315. The van der Waals surface area contributed by atoms with Crippen LogP contribution in [-0.4, -0.2) is 12.4 Å². The lowest BCUT2D eigenvalue weighted by molar-refractivity contribution is 0.104. The van der Waals surface area contributed by atoms with Crippen molar-refractivity contribution in [2.45, 2.75) is 20.5 Å². The Hall–Kier alpha value is -3.04. The Morgan fingerprint density at radius 1 is 0.931 bits per heavy atom. The molecule has 0 spiro atoms. The maximum atomic E-state index is 12.3. The Kier molecular flexibility index (Phi) is 7.09. The number of ether oxygens (including phenoxy) is 2. The summed E-state index contributed by atoms with van der Waals surface area (Å²) in [5, 5.41) is 0.695. The zero-order valence-electron chi connectivity index (χ0n) is 16.5. The van der Waals surface area contributed by atoms with Crippen LogP contribution in [0.2, 0.25) is 5.02 Å². The number of carbonyl (C=O) groups excluding carboxylic acids is 1. The van der Waals surface area contributed by atoms with E-state index in [1.807, 2.05) is 80.6 Å². The summed E-state index contributed by atoms with van der Waals surface area (Å²) in [5.74, 6) is 1.27. The molecule has 148 valence electrons. The van der Waals surface area contributed by atoms with Crippen LogP contribution in [0.3, 0.4) is 0 Å². The van der Waals surface area contributed by atoms with Gasteiger partial charge < -0.3 is 9.47 Å². The second-order valence-corrected chi connectivity index (χ2v) is 7.05. The van der Waals surface area contributed by atoms with Gasteiger partial charge in [-0.2, -0.15) is 0 Å². The first kappa shape index (κ1) is 20.7. The fraction of sp³-hybridized carbons (Fsp3) is 0.160. The lowest BCUT2D eigenvalue weighted by atomic mass is 10.1. The molecule has 3 nitrogen and oxygen atoms in total. The standard InChI is InChI=1S/C25H23ClO3/c1-3-28-25-16-19(8-14-23(27)21-10-4-18(2)5-11-21)9-15-24(25)29-17-20-6-12-22(26)13-7-20/h4-16H,3,17H2,1-2H3/b14-8+. The SMILES string of the molecule is CCOc1cc(/C=C/C(=O)c2ccc(C)cc2)ccc1OCc1ccc(Cl)cc1. The van der Waals surface area contributed by atoms with Crippen LogP contribution < -0.4 is 9.47 Å². The Balaban J connectivity index is 1.71. The highest BCUT2D eigenvalue weighted by Gasteiger charge is 2.07. The summed E-state index contributed by atoms with van der Waals surface area (Å²) in [7, 11) is 0. The number of benzene rings is 3. The van der Waals surface area contributed by atoms with Crippen LogP contribution in [0.1, 0.15) is 34.0 Å². The molecule has 0 saturated heterocycles. The molecular formula is C25H23ClO3. The number of hydrogen-bond acceptors (Lipinski definition) is 3. The van der Waals surface area contributed by atoms with Gasteiger partial charge in [0.05, 0.1) is 6.61 Å². The van der Waals surface area contributed by atoms with Gasteiger partial charge in [-0.25, -0.2) is 0 Å². The Morgan fingerprint density at radius 3 is 2.34 bits per heavy atom. The van der Waals surface area contributed by atoms with Gasteiger partial charge in [0.1, 0.15) is 6.61 Å². The molecule has 3 aromatic rings. The van der Waals surface area contributed by atoms with Gasteiger partial charge in [-0.3, -0.25) is 4.79 Å². The summed E-state index contributed by atoms with van der Waals surface area (Å²) in [6, 6.07) is 20.7. The second-order valence-electron chi connectivity index (χ2n) is 6.62. The molecule has 0 atom stereocenters. The van der Waals surface area contributed by atoms with E-state index in [9.17, 15) is 4.79 Å². The summed E-state index contributed by atoms with van der Waals surface area (Å²) < 4.78 is 11.6. The maximum absolute atomic E-state index is 12.3. The van der Waals surface area contributed by atoms with Crippen molar-refractivity contribution >= 4 is 23.5 Å². The minimum absolute atomic E-state index is 0.0361. The fourth-order valence-corrected chi connectivity index (χ4v) is 2.87. The Morgan fingerprint density at radius 2 is 1.66 bits per heavy atom. The molecule has 0 saturated carbocycles. The number of ketones is 1. The summed E-state index contributed by atoms with van der Waals surface area (Å²) in [6.45, 7) is 4.85. The van der Waals surface area contributed by atoms with Crippen molar-refractivity contribution in [3.63, 3.8) is 0 Å². The highest BCUT2D eigenvalue weighted by atomic mass is 35.5. The van der Waals surface area contributed by atoms with Gasteiger partial charge in [-0.15, -0.1) is 0 Å². The van der Waals surface area contributed by atoms with Crippen molar-refractivity contribution < 1.29 is 14.3 Å². The molecule has 0 aliphatic rings. The first-order valence-corrected chi connectivity index (χ1v) is 9.86. The molecule has 3 aromatic carbocycles. The molecule has 0 radical (unpaired) electrons. The predicted molar refractivity (Wildman–Crippen MR) is 118 cm³/mol. The average molecular weight is 407 g/mol. The molecule has 0 aliphatic carbocycles. The van der Waals surface area contributed by atoms with Gasteiger partial charge >= 0.3 is 0 Å². The zero-order valence-corrected chi connectivity index (χ0v) is 17.3. The summed E-state index contributed by atoms with van der Waals surface area (Å²) >= 11 is 5.92. The number of hydrogen-bond donors (Lipinski definition) is 0. The molecule has 0 bridgehead atoms. The molecule has 0 unspecified atom stereocenters. The lowest BCUT2D eigenvalue weighted by Crippen LogP contribution is -2.00. The summed E-state index contributed by atoms with van der Waals surface area (Å²) in [6.07, 6.45) is 3.36. The number of rotatable bonds is 8. The van der Waals surface area contributed by atoms with Crippen LogP contribution in [0.5, 0.6) is 11.5 Å². The van der Waals surface area contributed by atoms with E-state index in [4.69, 9.17) is 21.1 Å². The van der Waals surface area contributed by atoms with Crippen LogP contribution in [0.4, 0.5) is 0 Å². The van der Waals surface area contributed by atoms with E-state index in [1.165, 1.54) is 0 Å². The molecule has 3 rings (SSSR count). The normalized spacial score (nSPS) is 10.9. The van der Waals surface area contributed by atoms with E-state index in [2.05, 4.69) is 0 Å². The number of carbonyl (C=O) groups is 1. The first-order valence-electron chi connectivity index (χ1n) is 9.48. The second kappa shape index (κ2) is 9.94. The van der Waals surface area contributed by atoms with E-state index in [0.717, 1.165) is 16.7 Å². The van der Waals surface area contributed by atoms with E-state index >= 15 is 0 Å². The minimum atomic E-state index is -0.0361. The molecule has 0 N–H and O–H groups in total. The molecule has 4 heteroatoms. The highest BCUT2D eigenvalue weighted by Crippen LogP contribution is 2.30. The Bertz CT molecular complexity index is 990. The van der Waals surface area contributed by atoms with Crippen molar-refractivity contribution in [1.82, 2.24) is 0 Å². The zero-order chi connectivity index (χ0) is 20.6.